The van der Waals surface area contributed by atoms with Crippen LogP contribution in [0.25, 0.3) is 0 Å². The minimum atomic E-state index is -0.135. The number of hydrogen-bond acceptors (Lipinski definition) is 4. The fourth-order valence-corrected chi connectivity index (χ4v) is 3.41. The highest BCUT2D eigenvalue weighted by Gasteiger charge is 2.31. The Labute approximate surface area is 130 Å². The summed E-state index contributed by atoms with van der Waals surface area (Å²) < 4.78 is 0. The molecule has 1 saturated carbocycles. The Kier molecular flexibility index (Phi) is 6.02. The molecule has 0 saturated heterocycles. The highest BCUT2D eigenvalue weighted by molar-refractivity contribution is 7.10. The number of aliphatic hydroxyl groups is 1. The lowest BCUT2D eigenvalue weighted by Gasteiger charge is -2.24. The minimum absolute atomic E-state index is 0.106. The number of nitrogens with zero attached hydrogens (tertiary/aromatic N) is 1. The lowest BCUT2D eigenvalue weighted by Crippen LogP contribution is -2.45. The molecule has 0 bridgehead atoms. The maximum Gasteiger partial charge on any atom is 0.315 e. The molecule has 0 aromatic carbocycles. The smallest absolute Gasteiger partial charge is 0.315 e. The average molecular weight is 311 g/mol. The Bertz CT molecular complexity index is 432. The number of carbonyl (C=O) groups excluding carboxylic acids is 1. The van der Waals surface area contributed by atoms with E-state index in [2.05, 4.69) is 27.0 Å². The maximum absolute atomic E-state index is 12.0. The van der Waals surface area contributed by atoms with Crippen LogP contribution in [0.4, 0.5) is 4.79 Å². The van der Waals surface area contributed by atoms with E-state index in [1.165, 1.54) is 4.88 Å². The molecule has 1 heterocycles. The van der Waals surface area contributed by atoms with Crippen LogP contribution in [0, 0.1) is 5.92 Å². The van der Waals surface area contributed by atoms with E-state index in [1.807, 2.05) is 20.2 Å². The van der Waals surface area contributed by atoms with E-state index in [-0.39, 0.29) is 24.7 Å². The van der Waals surface area contributed by atoms with Gasteiger partial charge in [0.2, 0.25) is 0 Å². The first-order valence-corrected chi connectivity index (χ1v) is 8.35. The number of thiophene rings is 1. The molecule has 2 rings (SSSR count). The normalized spacial score (nSPS) is 17.5. The summed E-state index contributed by atoms with van der Waals surface area (Å²) in [6, 6.07) is 4.28. The van der Waals surface area contributed by atoms with Gasteiger partial charge in [-0.15, -0.1) is 11.3 Å². The van der Waals surface area contributed by atoms with Crippen LogP contribution in [0.1, 0.15) is 30.2 Å². The highest BCUT2D eigenvalue weighted by atomic mass is 32.1. The fourth-order valence-electron chi connectivity index (χ4n) is 2.49. The summed E-state index contributed by atoms with van der Waals surface area (Å²) in [7, 11) is 4.03. The lowest BCUT2D eigenvalue weighted by atomic mass is 10.1. The summed E-state index contributed by atoms with van der Waals surface area (Å²) in [6.07, 6.45) is 2.95. The summed E-state index contributed by atoms with van der Waals surface area (Å²) in [4.78, 5) is 15.4. The number of likely N-dealkylation sites (N-methyl/N-ethyl adjacent to an activating group) is 1. The molecule has 6 heteroatoms. The number of hydrogen-bond donors (Lipinski definition) is 3. The van der Waals surface area contributed by atoms with Gasteiger partial charge in [-0.25, -0.2) is 4.79 Å². The monoisotopic (exact) mass is 311 g/mol. The summed E-state index contributed by atoms with van der Waals surface area (Å²) in [5.41, 5.74) is 0. The lowest BCUT2D eigenvalue weighted by molar-refractivity contribution is 0.219. The van der Waals surface area contributed by atoms with Crippen molar-refractivity contribution in [1.82, 2.24) is 15.5 Å². The quantitative estimate of drug-likeness (QED) is 0.686. The van der Waals surface area contributed by atoms with Crippen LogP contribution in [0.15, 0.2) is 17.5 Å². The molecule has 0 spiro atoms. The van der Waals surface area contributed by atoms with E-state index in [0.717, 1.165) is 12.8 Å². The second-order valence-electron chi connectivity index (χ2n) is 5.81. The molecule has 2 atom stereocenters. The van der Waals surface area contributed by atoms with Crippen molar-refractivity contribution in [2.45, 2.75) is 31.3 Å². The van der Waals surface area contributed by atoms with Crippen molar-refractivity contribution in [3.63, 3.8) is 0 Å². The Balaban J connectivity index is 1.81. The van der Waals surface area contributed by atoms with Crippen molar-refractivity contribution in [3.8, 4) is 0 Å². The van der Waals surface area contributed by atoms with E-state index < -0.39 is 0 Å². The van der Waals surface area contributed by atoms with Gasteiger partial charge in [-0.2, -0.15) is 0 Å². The molecule has 0 aliphatic heterocycles. The SMILES string of the molecule is CN(C)[C@H](CNC(=O)N[C@H](CCO)C1CC1)c1cccs1. The zero-order valence-electron chi connectivity index (χ0n) is 12.7. The van der Waals surface area contributed by atoms with Gasteiger partial charge < -0.3 is 20.6 Å². The summed E-state index contributed by atoms with van der Waals surface area (Å²) in [5, 5.41) is 17.1. The second-order valence-corrected chi connectivity index (χ2v) is 6.78. The molecule has 1 aliphatic rings. The first-order chi connectivity index (χ1) is 10.1. The number of aliphatic hydroxyl groups excluding tert-OH is 1. The van der Waals surface area contributed by atoms with Crippen molar-refractivity contribution >= 4 is 17.4 Å². The molecule has 0 radical (unpaired) electrons. The van der Waals surface area contributed by atoms with E-state index >= 15 is 0 Å². The zero-order valence-corrected chi connectivity index (χ0v) is 13.5. The Hall–Kier alpha value is -1.11. The largest absolute Gasteiger partial charge is 0.396 e. The van der Waals surface area contributed by atoms with Gasteiger partial charge in [-0.3, -0.25) is 0 Å². The Morgan fingerprint density at radius 3 is 2.81 bits per heavy atom. The molecule has 118 valence electrons. The number of carbonyl (C=O) groups is 1. The summed E-state index contributed by atoms with van der Waals surface area (Å²) in [6.45, 7) is 0.701. The third-order valence-corrected chi connectivity index (χ3v) is 4.87. The van der Waals surface area contributed by atoms with Crippen molar-refractivity contribution in [2.75, 3.05) is 27.2 Å². The first kappa shape index (κ1) is 16.3. The topological polar surface area (TPSA) is 64.6 Å². The van der Waals surface area contributed by atoms with Crippen molar-refractivity contribution in [3.05, 3.63) is 22.4 Å². The molecule has 1 aromatic heterocycles. The van der Waals surface area contributed by atoms with E-state index in [1.54, 1.807) is 11.3 Å². The molecule has 0 unspecified atom stereocenters. The molecule has 2 amide bonds. The zero-order chi connectivity index (χ0) is 15.2. The van der Waals surface area contributed by atoms with E-state index in [0.29, 0.717) is 18.9 Å². The van der Waals surface area contributed by atoms with Crippen LogP contribution >= 0.6 is 11.3 Å². The number of rotatable bonds is 8. The molecule has 5 nitrogen and oxygen atoms in total. The van der Waals surface area contributed by atoms with Crippen molar-refractivity contribution in [2.24, 2.45) is 5.92 Å². The molecular formula is C15H25N3O2S. The predicted octanol–water partition coefficient (Wildman–Crippen LogP) is 1.81. The number of amides is 2. The molecule has 21 heavy (non-hydrogen) atoms. The molecule has 1 aliphatic carbocycles. The average Bonchev–Trinajstić information content (AvgIpc) is 3.15. The minimum Gasteiger partial charge on any atom is -0.396 e. The standard InChI is InChI=1S/C15H25N3O2S/c1-18(2)13(14-4-3-9-21-14)10-16-15(20)17-12(7-8-19)11-5-6-11/h3-4,9,11-13,19H,5-8,10H2,1-2H3,(H2,16,17,20)/t12-,13-/m1/s1. The number of nitrogens with one attached hydrogen (secondary N) is 2. The number of urea groups is 1. The van der Waals surface area contributed by atoms with Gasteiger partial charge >= 0.3 is 6.03 Å². The van der Waals surface area contributed by atoms with Gasteiger partial charge in [0.15, 0.2) is 0 Å². The van der Waals surface area contributed by atoms with Crippen LogP contribution in [0.2, 0.25) is 0 Å². The molecule has 1 fully saturated rings. The van der Waals surface area contributed by atoms with Crippen LogP contribution in [-0.4, -0.2) is 49.3 Å². The fraction of sp³-hybridized carbons (Fsp3) is 0.667. The second kappa shape index (κ2) is 7.77. The summed E-state index contributed by atoms with van der Waals surface area (Å²) >= 11 is 1.70. The molecule has 3 N–H and O–H groups in total. The summed E-state index contributed by atoms with van der Waals surface area (Å²) in [5.74, 6) is 0.546. The maximum atomic E-state index is 12.0. The highest BCUT2D eigenvalue weighted by Crippen LogP contribution is 2.33. The Morgan fingerprint density at radius 2 is 2.29 bits per heavy atom. The van der Waals surface area contributed by atoms with Crippen LogP contribution in [0.5, 0.6) is 0 Å². The van der Waals surface area contributed by atoms with Gasteiger partial charge in [-0.1, -0.05) is 6.07 Å². The molecular weight excluding hydrogens is 286 g/mol. The van der Waals surface area contributed by atoms with Crippen LogP contribution in [-0.2, 0) is 0 Å². The predicted molar refractivity (Wildman–Crippen MR) is 85.5 cm³/mol. The van der Waals surface area contributed by atoms with Crippen molar-refractivity contribution < 1.29 is 9.90 Å². The van der Waals surface area contributed by atoms with Crippen LogP contribution in [0.3, 0.4) is 0 Å². The third-order valence-electron chi connectivity index (χ3n) is 3.90. The van der Waals surface area contributed by atoms with Gasteiger partial charge in [0, 0.05) is 24.1 Å². The molecule has 1 aromatic rings. The Morgan fingerprint density at radius 1 is 1.52 bits per heavy atom. The van der Waals surface area contributed by atoms with E-state index in [9.17, 15) is 4.79 Å². The first-order valence-electron chi connectivity index (χ1n) is 7.47. The van der Waals surface area contributed by atoms with Gasteiger partial charge in [0.25, 0.3) is 0 Å². The van der Waals surface area contributed by atoms with Gasteiger partial charge in [0.1, 0.15) is 0 Å². The van der Waals surface area contributed by atoms with E-state index in [4.69, 9.17) is 5.11 Å². The van der Waals surface area contributed by atoms with Gasteiger partial charge in [0.05, 0.1) is 6.04 Å². The van der Waals surface area contributed by atoms with Gasteiger partial charge in [-0.05, 0) is 50.7 Å². The third kappa shape index (κ3) is 4.98. The van der Waals surface area contributed by atoms with Crippen LogP contribution < -0.4 is 10.6 Å². The van der Waals surface area contributed by atoms with Crippen molar-refractivity contribution in [1.29, 1.82) is 0 Å².